The summed E-state index contributed by atoms with van der Waals surface area (Å²) in [7, 11) is -2.83. The van der Waals surface area contributed by atoms with Gasteiger partial charge in [0, 0.05) is 37.7 Å². The molecule has 2 N–H and O–H groups in total. The second kappa shape index (κ2) is 4.84. The summed E-state index contributed by atoms with van der Waals surface area (Å²) in [6, 6.07) is 0.0952. The average molecular weight is 262 g/mol. The molecule has 2 heterocycles. The van der Waals surface area contributed by atoms with Gasteiger partial charge in [0.2, 0.25) is 0 Å². The summed E-state index contributed by atoms with van der Waals surface area (Å²) in [5.41, 5.74) is 5.90. The first-order valence-corrected chi connectivity index (χ1v) is 8.01. The smallest absolute Gasteiger partial charge is 0.153 e. The largest absolute Gasteiger partial charge is 0.381 e. The Morgan fingerprint density at radius 3 is 2.82 bits per heavy atom. The van der Waals surface area contributed by atoms with Crippen LogP contribution in [-0.2, 0) is 14.6 Å². The Bertz CT molecular complexity index is 363. The lowest BCUT2D eigenvalue weighted by Gasteiger charge is -2.39. The summed E-state index contributed by atoms with van der Waals surface area (Å²) in [5, 5.41) is 0. The fraction of sp³-hybridized carbons (Fsp3) is 1.00. The first-order chi connectivity index (χ1) is 7.96. The number of hydrogen-bond acceptors (Lipinski definition) is 5. The van der Waals surface area contributed by atoms with Crippen LogP contribution >= 0.6 is 0 Å². The third-order valence-corrected chi connectivity index (χ3v) is 5.76. The minimum Gasteiger partial charge on any atom is -0.381 e. The molecule has 0 radical (unpaired) electrons. The third-order valence-electron chi connectivity index (χ3n) is 3.96. The quantitative estimate of drug-likeness (QED) is 0.740. The van der Waals surface area contributed by atoms with Crippen molar-refractivity contribution in [3.63, 3.8) is 0 Å². The summed E-state index contributed by atoms with van der Waals surface area (Å²) in [4.78, 5) is 2.25. The van der Waals surface area contributed by atoms with Crippen molar-refractivity contribution in [3.05, 3.63) is 0 Å². The third kappa shape index (κ3) is 2.99. The summed E-state index contributed by atoms with van der Waals surface area (Å²) < 4.78 is 28.5. The van der Waals surface area contributed by atoms with Crippen molar-refractivity contribution in [2.75, 3.05) is 44.4 Å². The molecule has 2 aliphatic rings. The number of nitrogens with two attached hydrogens (primary N) is 1. The topological polar surface area (TPSA) is 72.6 Å². The van der Waals surface area contributed by atoms with Crippen molar-refractivity contribution in [3.8, 4) is 0 Å². The van der Waals surface area contributed by atoms with Crippen LogP contribution in [-0.4, -0.2) is 63.7 Å². The lowest BCUT2D eigenvalue weighted by Crippen LogP contribution is -2.52. The van der Waals surface area contributed by atoms with E-state index in [1.807, 2.05) is 6.92 Å². The number of rotatable bonds is 3. The normalized spacial score (nSPS) is 38.4. The zero-order valence-electron chi connectivity index (χ0n) is 10.4. The zero-order chi connectivity index (χ0) is 12.5. The van der Waals surface area contributed by atoms with E-state index in [9.17, 15) is 8.42 Å². The molecule has 0 amide bonds. The molecular formula is C11H22N2O3S. The molecule has 6 heteroatoms. The summed E-state index contributed by atoms with van der Waals surface area (Å²) in [6.07, 6.45) is 0.986. The van der Waals surface area contributed by atoms with Crippen molar-refractivity contribution in [2.45, 2.75) is 19.4 Å². The van der Waals surface area contributed by atoms with Gasteiger partial charge in [0.15, 0.2) is 9.84 Å². The van der Waals surface area contributed by atoms with Gasteiger partial charge in [-0.1, -0.05) is 0 Å². The van der Waals surface area contributed by atoms with E-state index in [4.69, 9.17) is 10.5 Å². The lowest BCUT2D eigenvalue weighted by molar-refractivity contribution is 0.101. The maximum absolute atomic E-state index is 11.5. The van der Waals surface area contributed by atoms with Crippen LogP contribution in [0.1, 0.15) is 13.3 Å². The van der Waals surface area contributed by atoms with Crippen molar-refractivity contribution >= 4 is 9.84 Å². The number of hydrogen-bond donors (Lipinski definition) is 1. The van der Waals surface area contributed by atoms with Gasteiger partial charge in [0.05, 0.1) is 18.1 Å². The Kier molecular flexibility index (Phi) is 3.77. The average Bonchev–Trinajstić information content (AvgIpc) is 2.71. The van der Waals surface area contributed by atoms with E-state index in [2.05, 4.69) is 4.90 Å². The molecule has 2 aliphatic heterocycles. The predicted molar refractivity (Wildman–Crippen MR) is 66.6 cm³/mol. The highest BCUT2D eigenvalue weighted by Crippen LogP contribution is 2.30. The summed E-state index contributed by atoms with van der Waals surface area (Å²) in [5.74, 6) is 0.549. The molecule has 0 aromatic carbocycles. The fourth-order valence-corrected chi connectivity index (χ4v) is 4.32. The maximum atomic E-state index is 11.5. The Morgan fingerprint density at radius 2 is 2.29 bits per heavy atom. The molecule has 0 spiro atoms. The highest BCUT2D eigenvalue weighted by Gasteiger charge is 2.38. The monoisotopic (exact) mass is 262 g/mol. The van der Waals surface area contributed by atoms with Crippen LogP contribution in [0.5, 0.6) is 0 Å². The van der Waals surface area contributed by atoms with E-state index < -0.39 is 9.84 Å². The van der Waals surface area contributed by atoms with Crippen LogP contribution in [0.3, 0.4) is 0 Å². The summed E-state index contributed by atoms with van der Waals surface area (Å²) >= 11 is 0. The molecule has 2 atom stereocenters. The van der Waals surface area contributed by atoms with E-state index in [1.165, 1.54) is 0 Å². The van der Waals surface area contributed by atoms with E-state index in [0.29, 0.717) is 19.7 Å². The molecule has 0 bridgehead atoms. The number of ether oxygens (including phenoxy) is 1. The number of sulfone groups is 1. The van der Waals surface area contributed by atoms with Crippen molar-refractivity contribution in [1.29, 1.82) is 0 Å². The van der Waals surface area contributed by atoms with Crippen molar-refractivity contribution in [1.82, 2.24) is 4.90 Å². The molecule has 2 unspecified atom stereocenters. The Balaban J connectivity index is 1.99. The Morgan fingerprint density at radius 1 is 1.53 bits per heavy atom. The Labute approximate surface area is 103 Å². The van der Waals surface area contributed by atoms with Crippen molar-refractivity contribution < 1.29 is 13.2 Å². The molecule has 5 nitrogen and oxygen atoms in total. The molecule has 2 rings (SSSR count). The van der Waals surface area contributed by atoms with Gasteiger partial charge in [-0.25, -0.2) is 8.42 Å². The SMILES string of the molecule is CC1CS(=O)(=O)CCN1CC1(CN)CCOC1. The second-order valence-electron chi connectivity index (χ2n) is 5.44. The van der Waals surface area contributed by atoms with E-state index >= 15 is 0 Å². The van der Waals surface area contributed by atoms with Crippen LogP contribution in [0, 0.1) is 5.41 Å². The number of nitrogens with zero attached hydrogens (tertiary/aromatic N) is 1. The standard InChI is InChI=1S/C11H22N2O3S/c1-10-6-17(14,15)5-3-13(10)8-11(7-12)2-4-16-9-11/h10H,2-9,12H2,1H3. The van der Waals surface area contributed by atoms with E-state index in [1.54, 1.807) is 0 Å². The lowest BCUT2D eigenvalue weighted by atomic mass is 9.86. The molecular weight excluding hydrogens is 240 g/mol. The molecule has 17 heavy (non-hydrogen) atoms. The molecule has 100 valence electrons. The molecule has 2 fully saturated rings. The van der Waals surface area contributed by atoms with Crippen molar-refractivity contribution in [2.24, 2.45) is 11.1 Å². The molecule has 0 aliphatic carbocycles. The van der Waals surface area contributed by atoms with Crippen LogP contribution < -0.4 is 5.73 Å². The van der Waals surface area contributed by atoms with Crippen LogP contribution in [0.25, 0.3) is 0 Å². The highest BCUT2D eigenvalue weighted by atomic mass is 32.2. The van der Waals surface area contributed by atoms with Crippen LogP contribution in [0.2, 0.25) is 0 Å². The van der Waals surface area contributed by atoms with Gasteiger partial charge in [-0.2, -0.15) is 0 Å². The minimum absolute atomic E-state index is 0.0371. The Hall–Kier alpha value is -0.170. The maximum Gasteiger partial charge on any atom is 0.153 e. The van der Waals surface area contributed by atoms with Crippen LogP contribution in [0.4, 0.5) is 0 Å². The first kappa shape index (κ1) is 13.3. The zero-order valence-corrected chi connectivity index (χ0v) is 11.2. The first-order valence-electron chi connectivity index (χ1n) is 6.19. The molecule has 0 saturated carbocycles. The van der Waals surface area contributed by atoms with Gasteiger partial charge < -0.3 is 10.5 Å². The highest BCUT2D eigenvalue weighted by molar-refractivity contribution is 7.91. The predicted octanol–water partition coefficient (Wildman–Crippen LogP) is -0.529. The second-order valence-corrected chi connectivity index (χ2v) is 7.67. The van der Waals surface area contributed by atoms with Gasteiger partial charge in [0.25, 0.3) is 0 Å². The van der Waals surface area contributed by atoms with Crippen LogP contribution in [0.15, 0.2) is 0 Å². The summed E-state index contributed by atoms with van der Waals surface area (Å²) in [6.45, 7) is 5.57. The van der Waals surface area contributed by atoms with Gasteiger partial charge in [-0.05, 0) is 13.3 Å². The molecule has 0 aromatic rings. The van der Waals surface area contributed by atoms with Gasteiger partial charge in [-0.15, -0.1) is 0 Å². The van der Waals surface area contributed by atoms with E-state index in [0.717, 1.165) is 19.6 Å². The fourth-order valence-electron chi connectivity index (χ4n) is 2.70. The molecule has 0 aromatic heterocycles. The van der Waals surface area contributed by atoms with Gasteiger partial charge >= 0.3 is 0 Å². The minimum atomic E-state index is -2.83. The van der Waals surface area contributed by atoms with Gasteiger partial charge in [0.1, 0.15) is 0 Å². The van der Waals surface area contributed by atoms with Gasteiger partial charge in [-0.3, -0.25) is 4.90 Å². The van der Waals surface area contributed by atoms with E-state index in [-0.39, 0.29) is 23.0 Å². The molecule has 2 saturated heterocycles.